The van der Waals surface area contributed by atoms with Crippen molar-refractivity contribution in [2.45, 2.75) is 64.8 Å². The van der Waals surface area contributed by atoms with Crippen molar-refractivity contribution in [2.24, 2.45) is 0 Å². The topological polar surface area (TPSA) is 90.2 Å². The Labute approximate surface area is 130 Å². The molecule has 1 saturated carbocycles. The smallest absolute Gasteiger partial charge is 0.372 e. The molecule has 0 unspecified atom stereocenters. The Hall–Kier alpha value is -1.92. The van der Waals surface area contributed by atoms with Crippen LogP contribution in [-0.4, -0.2) is 27.5 Å². The van der Waals surface area contributed by atoms with Crippen LogP contribution in [0.1, 0.15) is 58.2 Å². The fourth-order valence-electron chi connectivity index (χ4n) is 2.64. The summed E-state index contributed by atoms with van der Waals surface area (Å²) in [6, 6.07) is 0.252. The van der Waals surface area contributed by atoms with E-state index < -0.39 is 4.92 Å². The molecule has 7 heteroatoms. The summed E-state index contributed by atoms with van der Waals surface area (Å²) in [6.07, 6.45) is 6.68. The van der Waals surface area contributed by atoms with Crippen LogP contribution in [0.2, 0.25) is 0 Å². The van der Waals surface area contributed by atoms with Gasteiger partial charge in [0, 0.05) is 12.5 Å². The number of hydrogen-bond acceptors (Lipinski definition) is 6. The van der Waals surface area contributed by atoms with E-state index in [0.717, 1.165) is 38.5 Å². The van der Waals surface area contributed by atoms with Gasteiger partial charge in [0.2, 0.25) is 5.82 Å². The lowest BCUT2D eigenvalue weighted by atomic mass is 10.2. The fourth-order valence-corrected chi connectivity index (χ4v) is 2.64. The minimum atomic E-state index is -0.446. The van der Waals surface area contributed by atoms with Crippen LogP contribution >= 0.6 is 0 Å². The number of nitrogens with one attached hydrogen (secondary N) is 1. The number of ether oxygens (including phenoxy) is 1. The van der Waals surface area contributed by atoms with Gasteiger partial charge in [-0.1, -0.05) is 26.7 Å². The minimum absolute atomic E-state index is 0.0887. The van der Waals surface area contributed by atoms with Crippen molar-refractivity contribution in [2.75, 3.05) is 11.9 Å². The van der Waals surface area contributed by atoms with Crippen molar-refractivity contribution >= 4 is 11.5 Å². The number of nitro groups is 1. The zero-order chi connectivity index (χ0) is 15.9. The van der Waals surface area contributed by atoms with E-state index in [1.165, 1.54) is 0 Å². The van der Waals surface area contributed by atoms with Crippen LogP contribution in [0, 0.1) is 10.1 Å². The van der Waals surface area contributed by atoms with Crippen LogP contribution in [0.15, 0.2) is 0 Å². The number of nitrogens with zero attached hydrogens (tertiary/aromatic N) is 3. The van der Waals surface area contributed by atoms with Gasteiger partial charge < -0.3 is 10.1 Å². The summed E-state index contributed by atoms with van der Waals surface area (Å²) in [5.74, 6) is 0.993. The number of rotatable bonds is 8. The lowest BCUT2D eigenvalue weighted by molar-refractivity contribution is -0.385. The summed E-state index contributed by atoms with van der Waals surface area (Å²) in [7, 11) is 0. The van der Waals surface area contributed by atoms with Crippen molar-refractivity contribution in [3.63, 3.8) is 0 Å². The monoisotopic (exact) mass is 308 g/mol. The molecular formula is C15H24N4O3. The molecule has 22 heavy (non-hydrogen) atoms. The molecule has 0 aliphatic heterocycles. The molecule has 0 radical (unpaired) electrons. The van der Waals surface area contributed by atoms with Crippen LogP contribution in [0.25, 0.3) is 0 Å². The number of hydrogen-bond donors (Lipinski definition) is 1. The second-order valence-corrected chi connectivity index (χ2v) is 5.62. The second-order valence-electron chi connectivity index (χ2n) is 5.62. The summed E-state index contributed by atoms with van der Waals surface area (Å²) in [6.45, 7) is 4.39. The van der Waals surface area contributed by atoms with E-state index in [4.69, 9.17) is 4.74 Å². The molecule has 1 heterocycles. The Bertz CT molecular complexity index is 516. The third-order valence-electron chi connectivity index (χ3n) is 3.69. The van der Waals surface area contributed by atoms with Crippen LogP contribution in [-0.2, 0) is 6.42 Å². The SMILES string of the molecule is CCCOc1nc(CCC)nc(NC2CCCC2)c1[N+](=O)[O-]. The Morgan fingerprint density at radius 1 is 1.27 bits per heavy atom. The van der Waals surface area contributed by atoms with Gasteiger partial charge in [0.05, 0.1) is 11.5 Å². The number of aromatic nitrogens is 2. The first-order chi connectivity index (χ1) is 10.7. The molecule has 0 spiro atoms. The van der Waals surface area contributed by atoms with Crippen molar-refractivity contribution in [1.29, 1.82) is 0 Å². The molecule has 1 aromatic heterocycles. The van der Waals surface area contributed by atoms with Gasteiger partial charge in [0.1, 0.15) is 5.82 Å². The molecule has 1 aliphatic carbocycles. The average Bonchev–Trinajstić information content (AvgIpc) is 2.97. The standard InChI is InChI=1S/C15H24N4O3/c1-3-7-12-17-14(16-11-8-5-6-9-11)13(19(20)21)15(18-12)22-10-4-2/h11H,3-10H2,1-2H3,(H,16,17,18). The molecule has 1 aromatic rings. The number of aryl methyl sites for hydroxylation is 1. The molecular weight excluding hydrogens is 284 g/mol. The van der Waals surface area contributed by atoms with Crippen molar-refractivity contribution in [3.8, 4) is 5.88 Å². The quantitative estimate of drug-likeness (QED) is 0.584. The Morgan fingerprint density at radius 3 is 2.59 bits per heavy atom. The van der Waals surface area contributed by atoms with Gasteiger partial charge in [-0.2, -0.15) is 4.98 Å². The third-order valence-corrected chi connectivity index (χ3v) is 3.69. The molecule has 1 N–H and O–H groups in total. The van der Waals surface area contributed by atoms with Crippen molar-refractivity contribution < 1.29 is 9.66 Å². The molecule has 0 amide bonds. The summed E-state index contributed by atoms with van der Waals surface area (Å²) in [5.41, 5.74) is -0.139. The first kappa shape index (κ1) is 16.5. The van der Waals surface area contributed by atoms with Gasteiger partial charge in [-0.05, 0) is 25.7 Å². The van der Waals surface area contributed by atoms with Crippen LogP contribution in [0.3, 0.4) is 0 Å². The van der Waals surface area contributed by atoms with E-state index in [-0.39, 0.29) is 17.6 Å². The fraction of sp³-hybridized carbons (Fsp3) is 0.733. The highest BCUT2D eigenvalue weighted by molar-refractivity contribution is 5.62. The molecule has 0 saturated heterocycles. The van der Waals surface area contributed by atoms with E-state index >= 15 is 0 Å². The van der Waals surface area contributed by atoms with Crippen LogP contribution in [0.4, 0.5) is 11.5 Å². The maximum Gasteiger partial charge on any atom is 0.372 e. The first-order valence-electron chi connectivity index (χ1n) is 8.10. The van der Waals surface area contributed by atoms with Crippen molar-refractivity contribution in [1.82, 2.24) is 9.97 Å². The van der Waals surface area contributed by atoms with Gasteiger partial charge >= 0.3 is 5.69 Å². The van der Waals surface area contributed by atoms with E-state index in [0.29, 0.717) is 24.7 Å². The predicted molar refractivity (Wildman–Crippen MR) is 84.3 cm³/mol. The van der Waals surface area contributed by atoms with Crippen molar-refractivity contribution in [3.05, 3.63) is 15.9 Å². The average molecular weight is 308 g/mol. The van der Waals surface area contributed by atoms with E-state index in [2.05, 4.69) is 15.3 Å². The molecule has 1 aliphatic rings. The summed E-state index contributed by atoms with van der Waals surface area (Å²) in [4.78, 5) is 19.6. The molecule has 2 rings (SSSR count). The highest BCUT2D eigenvalue weighted by Gasteiger charge is 2.28. The molecule has 0 atom stereocenters. The lowest BCUT2D eigenvalue weighted by Crippen LogP contribution is -2.18. The zero-order valence-electron chi connectivity index (χ0n) is 13.3. The Morgan fingerprint density at radius 2 is 2.00 bits per heavy atom. The largest absolute Gasteiger partial charge is 0.473 e. The van der Waals surface area contributed by atoms with E-state index in [9.17, 15) is 10.1 Å². The Kier molecular flexibility index (Phi) is 5.91. The Balaban J connectivity index is 2.36. The highest BCUT2D eigenvalue weighted by atomic mass is 16.6. The van der Waals surface area contributed by atoms with Crippen LogP contribution in [0.5, 0.6) is 5.88 Å². The predicted octanol–water partition coefficient (Wildman–Crippen LogP) is 3.48. The van der Waals surface area contributed by atoms with Gasteiger partial charge in [-0.3, -0.25) is 10.1 Å². The third kappa shape index (κ3) is 4.05. The normalized spacial score (nSPS) is 15.0. The van der Waals surface area contributed by atoms with Gasteiger partial charge in [-0.15, -0.1) is 0 Å². The number of anilines is 1. The summed E-state index contributed by atoms with van der Waals surface area (Å²) in [5, 5.41) is 14.7. The highest BCUT2D eigenvalue weighted by Crippen LogP contribution is 2.34. The second kappa shape index (κ2) is 7.91. The molecule has 0 bridgehead atoms. The minimum Gasteiger partial charge on any atom is -0.473 e. The summed E-state index contributed by atoms with van der Waals surface area (Å²) < 4.78 is 5.51. The molecule has 0 aromatic carbocycles. The zero-order valence-corrected chi connectivity index (χ0v) is 13.3. The van der Waals surface area contributed by atoms with Gasteiger partial charge in [0.25, 0.3) is 5.88 Å². The van der Waals surface area contributed by atoms with E-state index in [1.807, 2.05) is 13.8 Å². The summed E-state index contributed by atoms with van der Waals surface area (Å²) >= 11 is 0. The van der Waals surface area contributed by atoms with Crippen LogP contribution < -0.4 is 10.1 Å². The molecule has 1 fully saturated rings. The lowest BCUT2D eigenvalue weighted by Gasteiger charge is -2.15. The van der Waals surface area contributed by atoms with Gasteiger partial charge in [-0.25, -0.2) is 4.98 Å². The van der Waals surface area contributed by atoms with E-state index in [1.54, 1.807) is 0 Å². The maximum atomic E-state index is 11.5. The van der Waals surface area contributed by atoms with Gasteiger partial charge in [0.15, 0.2) is 0 Å². The maximum absolute atomic E-state index is 11.5. The molecule has 7 nitrogen and oxygen atoms in total. The first-order valence-corrected chi connectivity index (χ1v) is 8.10. The molecule has 122 valence electrons.